The summed E-state index contributed by atoms with van der Waals surface area (Å²) in [6.07, 6.45) is 0. The molecule has 10 aromatic rings. The van der Waals surface area contributed by atoms with E-state index in [1.165, 1.54) is 49.2 Å². The minimum absolute atomic E-state index is 0.900. The molecule has 0 bridgehead atoms. The van der Waals surface area contributed by atoms with Crippen LogP contribution >= 0.6 is 0 Å². The fraction of sp³-hybridized carbons (Fsp3) is 0. The number of rotatable bonds is 2. The van der Waals surface area contributed by atoms with Crippen LogP contribution in [0.2, 0.25) is 0 Å². The van der Waals surface area contributed by atoms with Crippen LogP contribution in [0, 0.1) is 0 Å². The average molecular weight is 535 g/mol. The zero-order valence-electron chi connectivity index (χ0n) is 22.5. The molecule has 0 fully saturated rings. The molecule has 0 aliphatic heterocycles. The number of hydrogen-bond donors (Lipinski definition) is 0. The first-order chi connectivity index (χ1) is 20.8. The third-order valence-corrected chi connectivity index (χ3v) is 8.80. The van der Waals surface area contributed by atoms with Crippen molar-refractivity contribution in [3.63, 3.8) is 0 Å². The Bertz CT molecular complexity index is 2680. The summed E-state index contributed by atoms with van der Waals surface area (Å²) in [6, 6.07) is 47.4. The summed E-state index contributed by atoms with van der Waals surface area (Å²) >= 11 is 0. The van der Waals surface area contributed by atoms with Crippen LogP contribution in [0.25, 0.3) is 88.0 Å². The lowest BCUT2D eigenvalue weighted by Crippen LogP contribution is -1.95. The van der Waals surface area contributed by atoms with Gasteiger partial charge in [-0.05, 0) is 53.6 Å². The molecular weight excluding hydrogens is 512 g/mol. The lowest BCUT2D eigenvalue weighted by atomic mass is 10.0. The van der Waals surface area contributed by atoms with E-state index in [0.29, 0.717) is 0 Å². The van der Waals surface area contributed by atoms with Gasteiger partial charge in [-0.1, -0.05) is 91.0 Å². The lowest BCUT2D eigenvalue weighted by Gasteiger charge is -2.11. The van der Waals surface area contributed by atoms with Crippen LogP contribution in [0.3, 0.4) is 0 Å². The molecule has 4 heteroatoms. The average Bonchev–Trinajstić information content (AvgIpc) is 3.68. The van der Waals surface area contributed by atoms with E-state index in [4.69, 9.17) is 9.97 Å². The molecule has 42 heavy (non-hydrogen) atoms. The molecule has 4 heterocycles. The first-order valence-electron chi connectivity index (χ1n) is 14.3. The third-order valence-electron chi connectivity index (χ3n) is 8.80. The highest BCUT2D eigenvalue weighted by Gasteiger charge is 2.26. The number of fused-ring (bicyclic) bond motifs is 11. The quantitative estimate of drug-likeness (QED) is 0.221. The fourth-order valence-corrected chi connectivity index (χ4v) is 7.05. The molecule has 4 nitrogen and oxygen atoms in total. The van der Waals surface area contributed by atoms with E-state index in [9.17, 15) is 0 Å². The van der Waals surface area contributed by atoms with E-state index >= 15 is 0 Å². The van der Waals surface area contributed by atoms with Crippen molar-refractivity contribution in [2.75, 3.05) is 0 Å². The van der Waals surface area contributed by atoms with Crippen molar-refractivity contribution in [3.05, 3.63) is 133 Å². The standard InChI is InChI=1S/C38H22N4/c1-2-11-23(12-3-1)24-13-10-14-25(21-24)41-32-19-8-4-15-26(32)28-22-29-27-16-5-9-20-33(27)42-37(29)34(36(28)41)35-38(42)40-31-18-7-6-17-30(31)39-35/h1-22H. The van der Waals surface area contributed by atoms with Gasteiger partial charge in [0, 0.05) is 27.2 Å². The number of benzene rings is 6. The minimum atomic E-state index is 0.900. The summed E-state index contributed by atoms with van der Waals surface area (Å²) in [4.78, 5) is 10.5. The Kier molecular flexibility index (Phi) is 4.15. The van der Waals surface area contributed by atoms with Gasteiger partial charge in [-0.2, -0.15) is 0 Å². The fourth-order valence-electron chi connectivity index (χ4n) is 7.05. The highest BCUT2D eigenvalue weighted by atomic mass is 15.0. The molecule has 0 aliphatic rings. The second-order valence-corrected chi connectivity index (χ2v) is 11.0. The molecule has 0 N–H and O–H groups in total. The third kappa shape index (κ3) is 2.76. The van der Waals surface area contributed by atoms with Crippen LogP contribution in [0.4, 0.5) is 0 Å². The van der Waals surface area contributed by atoms with Gasteiger partial charge in [-0.25, -0.2) is 9.97 Å². The van der Waals surface area contributed by atoms with Gasteiger partial charge >= 0.3 is 0 Å². The number of aromatic nitrogens is 4. The summed E-state index contributed by atoms with van der Waals surface area (Å²) in [5, 5.41) is 6.07. The molecule has 0 radical (unpaired) electrons. The maximum absolute atomic E-state index is 5.30. The summed E-state index contributed by atoms with van der Waals surface area (Å²) < 4.78 is 4.76. The molecule has 0 saturated carbocycles. The zero-order valence-corrected chi connectivity index (χ0v) is 22.5. The first-order valence-corrected chi connectivity index (χ1v) is 14.3. The van der Waals surface area contributed by atoms with Gasteiger partial charge in [-0.3, -0.25) is 4.40 Å². The van der Waals surface area contributed by atoms with Crippen LogP contribution in [0.5, 0.6) is 0 Å². The Balaban J connectivity index is 1.47. The van der Waals surface area contributed by atoms with E-state index in [1.54, 1.807) is 0 Å². The van der Waals surface area contributed by atoms with Crippen molar-refractivity contribution in [2.45, 2.75) is 0 Å². The van der Waals surface area contributed by atoms with Crippen molar-refractivity contribution in [3.8, 4) is 16.8 Å². The molecule has 0 spiro atoms. The number of nitrogens with zero attached hydrogens (tertiary/aromatic N) is 4. The Morgan fingerprint density at radius 3 is 1.93 bits per heavy atom. The maximum Gasteiger partial charge on any atom is 0.165 e. The monoisotopic (exact) mass is 534 g/mol. The minimum Gasteiger partial charge on any atom is -0.308 e. The van der Waals surface area contributed by atoms with E-state index in [2.05, 4.69) is 130 Å². The predicted octanol–water partition coefficient (Wildman–Crippen LogP) is 9.54. The van der Waals surface area contributed by atoms with Gasteiger partial charge in [0.15, 0.2) is 5.65 Å². The normalized spacial score (nSPS) is 12.3. The van der Waals surface area contributed by atoms with Crippen molar-refractivity contribution < 1.29 is 0 Å². The molecule has 4 aromatic heterocycles. The van der Waals surface area contributed by atoms with Crippen LogP contribution in [0.1, 0.15) is 0 Å². The van der Waals surface area contributed by atoms with E-state index < -0.39 is 0 Å². The second-order valence-electron chi connectivity index (χ2n) is 11.0. The Morgan fingerprint density at radius 2 is 1.10 bits per heavy atom. The molecule has 0 atom stereocenters. The first kappa shape index (κ1) is 22.0. The molecule has 6 aromatic carbocycles. The summed E-state index contributed by atoms with van der Waals surface area (Å²) in [6.45, 7) is 0. The van der Waals surface area contributed by atoms with Gasteiger partial charge in [0.2, 0.25) is 0 Å². The summed E-state index contributed by atoms with van der Waals surface area (Å²) in [5.74, 6) is 0. The molecular formula is C38H22N4. The summed E-state index contributed by atoms with van der Waals surface area (Å²) in [5.41, 5.74) is 11.9. The van der Waals surface area contributed by atoms with E-state index in [-0.39, 0.29) is 0 Å². The SMILES string of the molecule is c1ccc(-c2cccc(-n3c4ccccc4c4cc5c6ccccc6n6c7nc8ccccc8nc7c(c43)c56)c2)cc1. The zero-order chi connectivity index (χ0) is 27.4. The molecule has 0 saturated heterocycles. The topological polar surface area (TPSA) is 35.1 Å². The molecule has 194 valence electrons. The van der Waals surface area contributed by atoms with E-state index in [0.717, 1.165) is 38.8 Å². The highest BCUT2D eigenvalue weighted by molar-refractivity contribution is 6.33. The van der Waals surface area contributed by atoms with Gasteiger partial charge in [0.25, 0.3) is 0 Å². The number of hydrogen-bond acceptors (Lipinski definition) is 2. The molecule has 0 unspecified atom stereocenters. The smallest absolute Gasteiger partial charge is 0.165 e. The van der Waals surface area contributed by atoms with Crippen LogP contribution in [-0.2, 0) is 0 Å². The van der Waals surface area contributed by atoms with Crippen LogP contribution < -0.4 is 0 Å². The van der Waals surface area contributed by atoms with Crippen molar-refractivity contribution in [1.82, 2.24) is 18.9 Å². The van der Waals surface area contributed by atoms with Crippen molar-refractivity contribution in [1.29, 1.82) is 0 Å². The van der Waals surface area contributed by atoms with Gasteiger partial charge in [-0.15, -0.1) is 0 Å². The lowest BCUT2D eigenvalue weighted by molar-refractivity contribution is 1.19. The number of para-hydroxylation sites is 4. The second kappa shape index (κ2) is 7.93. The Hall–Kier alpha value is -5.74. The molecule has 0 amide bonds. The highest BCUT2D eigenvalue weighted by Crippen LogP contribution is 2.46. The molecule has 10 rings (SSSR count). The van der Waals surface area contributed by atoms with Gasteiger partial charge in [0.05, 0.1) is 38.5 Å². The van der Waals surface area contributed by atoms with Gasteiger partial charge < -0.3 is 4.57 Å². The van der Waals surface area contributed by atoms with Gasteiger partial charge in [0.1, 0.15) is 5.52 Å². The predicted molar refractivity (Wildman–Crippen MR) is 174 cm³/mol. The Morgan fingerprint density at radius 1 is 0.452 bits per heavy atom. The molecule has 0 aliphatic carbocycles. The Labute approximate surface area is 240 Å². The largest absolute Gasteiger partial charge is 0.308 e. The van der Waals surface area contributed by atoms with E-state index in [1.807, 2.05) is 12.1 Å². The summed E-state index contributed by atoms with van der Waals surface area (Å²) in [7, 11) is 0. The van der Waals surface area contributed by atoms with Crippen molar-refractivity contribution >= 4 is 71.2 Å². The van der Waals surface area contributed by atoms with Crippen LogP contribution in [0.15, 0.2) is 133 Å². The maximum atomic E-state index is 5.30. The van der Waals surface area contributed by atoms with Crippen molar-refractivity contribution in [2.24, 2.45) is 0 Å². The van der Waals surface area contributed by atoms with Crippen LogP contribution in [-0.4, -0.2) is 18.9 Å².